The van der Waals surface area contributed by atoms with Crippen molar-refractivity contribution in [3.63, 3.8) is 0 Å². The normalized spacial score (nSPS) is 21.0. The number of likely N-dealkylation sites (N-methyl/N-ethyl adjacent to an activating group) is 1. The van der Waals surface area contributed by atoms with Crippen molar-refractivity contribution in [1.29, 1.82) is 0 Å². The molecule has 3 heterocycles. The molecule has 0 aliphatic carbocycles. The fourth-order valence-electron chi connectivity index (χ4n) is 5.23. The Bertz CT molecular complexity index is 1140. The van der Waals surface area contributed by atoms with E-state index in [0.717, 1.165) is 67.0 Å². The van der Waals surface area contributed by atoms with Crippen LogP contribution in [0.1, 0.15) is 49.5 Å². The molecular formula is C30H39N3O5. The van der Waals surface area contributed by atoms with Gasteiger partial charge in [-0.15, -0.1) is 0 Å². The molecule has 3 aliphatic heterocycles. The van der Waals surface area contributed by atoms with Gasteiger partial charge < -0.3 is 28.9 Å². The SMILES string of the molecule is CN1CCN(C(=O)c2ccc(-c3ccc4c(c3)COC(C3CCN(C(=O)OC(C)(C)C)CC3)O4)cc2)CC1. The average Bonchev–Trinajstić information content (AvgIpc) is 2.92. The first-order valence-electron chi connectivity index (χ1n) is 13.6. The molecule has 0 N–H and O–H groups in total. The first kappa shape index (κ1) is 26.5. The summed E-state index contributed by atoms with van der Waals surface area (Å²) in [4.78, 5) is 31.2. The molecule has 204 valence electrons. The number of rotatable bonds is 3. The zero-order chi connectivity index (χ0) is 26.9. The minimum absolute atomic E-state index is 0.0971. The number of hydrogen-bond donors (Lipinski definition) is 0. The monoisotopic (exact) mass is 521 g/mol. The standard InChI is InChI=1S/C30H39N3O5/c1-30(2,3)38-29(35)33-13-11-23(12-14-33)28-36-20-25-19-24(9-10-26(25)37-28)21-5-7-22(8-6-21)27(34)32-17-15-31(4)16-18-32/h5-10,19,23,28H,11-18,20H2,1-4H3. The Morgan fingerprint density at radius 1 is 0.868 bits per heavy atom. The van der Waals surface area contributed by atoms with Gasteiger partial charge in [0.2, 0.25) is 6.29 Å². The van der Waals surface area contributed by atoms with E-state index in [1.165, 1.54) is 0 Å². The van der Waals surface area contributed by atoms with Crippen LogP contribution >= 0.6 is 0 Å². The van der Waals surface area contributed by atoms with E-state index in [0.29, 0.717) is 19.7 Å². The Labute approximate surface area is 225 Å². The molecule has 2 aromatic carbocycles. The summed E-state index contributed by atoms with van der Waals surface area (Å²) in [5.74, 6) is 1.17. The lowest BCUT2D eigenvalue weighted by atomic mass is 9.95. The molecule has 0 aromatic heterocycles. The largest absolute Gasteiger partial charge is 0.464 e. The second-order valence-electron chi connectivity index (χ2n) is 11.6. The van der Waals surface area contributed by atoms with Crippen LogP contribution in [0.5, 0.6) is 5.75 Å². The third-order valence-electron chi connectivity index (χ3n) is 7.54. The number of carbonyl (C=O) groups is 2. The lowest BCUT2D eigenvalue weighted by molar-refractivity contribution is -0.149. The summed E-state index contributed by atoms with van der Waals surface area (Å²) in [6.07, 6.45) is 1.07. The molecule has 1 unspecified atom stereocenters. The number of carbonyl (C=O) groups excluding carboxylic acids is 2. The Morgan fingerprint density at radius 2 is 1.53 bits per heavy atom. The molecule has 0 bridgehead atoms. The minimum Gasteiger partial charge on any atom is -0.464 e. The van der Waals surface area contributed by atoms with E-state index in [9.17, 15) is 9.59 Å². The van der Waals surface area contributed by atoms with Crippen molar-refractivity contribution in [3.8, 4) is 16.9 Å². The van der Waals surface area contributed by atoms with E-state index < -0.39 is 5.60 Å². The van der Waals surface area contributed by atoms with Gasteiger partial charge in [0.05, 0.1) is 6.61 Å². The molecule has 0 spiro atoms. The van der Waals surface area contributed by atoms with Crippen LogP contribution in [0, 0.1) is 5.92 Å². The lowest BCUT2D eigenvalue weighted by Gasteiger charge is -2.38. The molecule has 1 atom stereocenters. The molecule has 8 nitrogen and oxygen atoms in total. The van der Waals surface area contributed by atoms with Gasteiger partial charge in [-0.2, -0.15) is 0 Å². The van der Waals surface area contributed by atoms with E-state index in [1.54, 1.807) is 4.90 Å². The summed E-state index contributed by atoms with van der Waals surface area (Å²) in [7, 11) is 2.09. The van der Waals surface area contributed by atoms with Gasteiger partial charge in [0, 0.05) is 56.3 Å². The van der Waals surface area contributed by atoms with Crippen LogP contribution < -0.4 is 4.74 Å². The van der Waals surface area contributed by atoms with Gasteiger partial charge in [0.25, 0.3) is 5.91 Å². The van der Waals surface area contributed by atoms with Crippen molar-refractivity contribution in [2.45, 2.75) is 52.1 Å². The highest BCUT2D eigenvalue weighted by Gasteiger charge is 2.34. The van der Waals surface area contributed by atoms with Crippen LogP contribution in [0.15, 0.2) is 42.5 Å². The van der Waals surface area contributed by atoms with E-state index in [1.807, 2.05) is 56.0 Å². The number of benzene rings is 2. The number of ether oxygens (including phenoxy) is 3. The highest BCUT2D eigenvalue weighted by molar-refractivity contribution is 5.94. The molecule has 2 aromatic rings. The van der Waals surface area contributed by atoms with E-state index >= 15 is 0 Å². The molecule has 2 fully saturated rings. The second-order valence-corrected chi connectivity index (χ2v) is 11.6. The number of likely N-dealkylation sites (tertiary alicyclic amines) is 1. The van der Waals surface area contributed by atoms with Crippen LogP contribution in [0.4, 0.5) is 4.79 Å². The fourth-order valence-corrected chi connectivity index (χ4v) is 5.23. The number of hydrogen-bond acceptors (Lipinski definition) is 6. The van der Waals surface area contributed by atoms with Gasteiger partial charge in [-0.3, -0.25) is 4.79 Å². The first-order valence-corrected chi connectivity index (χ1v) is 13.6. The summed E-state index contributed by atoms with van der Waals surface area (Å²) >= 11 is 0. The molecular weight excluding hydrogens is 482 g/mol. The zero-order valence-corrected chi connectivity index (χ0v) is 22.9. The van der Waals surface area contributed by atoms with Crippen molar-refractivity contribution in [2.75, 3.05) is 46.3 Å². The van der Waals surface area contributed by atoms with Crippen LogP contribution in [0.3, 0.4) is 0 Å². The summed E-state index contributed by atoms with van der Waals surface area (Å²) in [5, 5.41) is 0. The number of fused-ring (bicyclic) bond motifs is 1. The van der Waals surface area contributed by atoms with Gasteiger partial charge in [-0.25, -0.2) is 4.79 Å². The molecule has 38 heavy (non-hydrogen) atoms. The van der Waals surface area contributed by atoms with E-state index in [-0.39, 0.29) is 24.2 Å². The molecule has 0 radical (unpaired) electrons. The van der Waals surface area contributed by atoms with Crippen molar-refractivity contribution in [1.82, 2.24) is 14.7 Å². The summed E-state index contributed by atoms with van der Waals surface area (Å²) in [6.45, 7) is 10.8. The topological polar surface area (TPSA) is 71.6 Å². The summed E-state index contributed by atoms with van der Waals surface area (Å²) in [6, 6.07) is 14.0. The zero-order valence-electron chi connectivity index (χ0n) is 22.9. The third kappa shape index (κ3) is 6.13. The van der Waals surface area contributed by atoms with Gasteiger partial charge in [-0.05, 0) is 76.1 Å². The fraction of sp³-hybridized carbons (Fsp3) is 0.533. The molecule has 2 amide bonds. The Balaban J connectivity index is 1.17. The minimum atomic E-state index is -0.490. The number of amides is 2. The Kier molecular flexibility index (Phi) is 7.63. The van der Waals surface area contributed by atoms with Crippen LogP contribution in [0.2, 0.25) is 0 Å². The van der Waals surface area contributed by atoms with Crippen molar-refractivity contribution in [3.05, 3.63) is 53.6 Å². The van der Waals surface area contributed by atoms with Gasteiger partial charge in [0.15, 0.2) is 0 Å². The third-order valence-corrected chi connectivity index (χ3v) is 7.54. The van der Waals surface area contributed by atoms with Crippen LogP contribution in [-0.4, -0.2) is 84.9 Å². The molecule has 0 saturated carbocycles. The second kappa shape index (κ2) is 10.9. The smallest absolute Gasteiger partial charge is 0.410 e. The number of nitrogens with zero attached hydrogens (tertiary/aromatic N) is 3. The summed E-state index contributed by atoms with van der Waals surface area (Å²) in [5.41, 5.74) is 3.37. The van der Waals surface area contributed by atoms with Crippen LogP contribution in [0.25, 0.3) is 11.1 Å². The predicted molar refractivity (Wildman–Crippen MR) is 145 cm³/mol. The van der Waals surface area contributed by atoms with Gasteiger partial charge in [0.1, 0.15) is 11.4 Å². The number of piperazine rings is 1. The van der Waals surface area contributed by atoms with Crippen molar-refractivity contribution >= 4 is 12.0 Å². The van der Waals surface area contributed by atoms with Gasteiger partial charge in [-0.1, -0.05) is 18.2 Å². The number of piperidine rings is 1. The molecule has 2 saturated heterocycles. The maximum absolute atomic E-state index is 12.9. The van der Waals surface area contributed by atoms with E-state index in [4.69, 9.17) is 14.2 Å². The highest BCUT2D eigenvalue weighted by atomic mass is 16.7. The maximum Gasteiger partial charge on any atom is 0.410 e. The van der Waals surface area contributed by atoms with Crippen molar-refractivity contribution in [2.24, 2.45) is 5.92 Å². The maximum atomic E-state index is 12.9. The molecule has 3 aliphatic rings. The Hall–Kier alpha value is -3.10. The first-order chi connectivity index (χ1) is 18.2. The molecule has 5 rings (SSSR count). The quantitative estimate of drug-likeness (QED) is 0.587. The Morgan fingerprint density at radius 3 is 2.18 bits per heavy atom. The lowest BCUT2D eigenvalue weighted by Crippen LogP contribution is -2.47. The average molecular weight is 522 g/mol. The van der Waals surface area contributed by atoms with E-state index in [2.05, 4.69) is 24.1 Å². The summed E-state index contributed by atoms with van der Waals surface area (Å²) < 4.78 is 17.9. The predicted octanol–water partition coefficient (Wildman–Crippen LogP) is 4.62. The molecule has 8 heteroatoms. The van der Waals surface area contributed by atoms with Crippen LogP contribution in [-0.2, 0) is 16.1 Å². The van der Waals surface area contributed by atoms with Crippen molar-refractivity contribution < 1.29 is 23.8 Å². The highest BCUT2D eigenvalue weighted by Crippen LogP contribution is 2.35. The van der Waals surface area contributed by atoms with Gasteiger partial charge >= 0.3 is 6.09 Å².